The standard InChI is InChI=1S/C14H21ClN2O/c1-10-5-6-11(15)9-12(10)17-13(18)7-8-16-14(2,3)4/h5-6,9,16H,7-8H2,1-4H3,(H,17,18). The number of carbonyl (C=O) groups is 1. The molecule has 1 aromatic carbocycles. The highest BCUT2D eigenvalue weighted by atomic mass is 35.5. The molecule has 0 aliphatic rings. The Morgan fingerprint density at radius 2 is 2.00 bits per heavy atom. The molecule has 0 aliphatic carbocycles. The van der Waals surface area contributed by atoms with Gasteiger partial charge in [-0.05, 0) is 45.4 Å². The zero-order valence-electron chi connectivity index (χ0n) is 11.4. The van der Waals surface area contributed by atoms with Crippen molar-refractivity contribution in [2.45, 2.75) is 39.7 Å². The molecule has 1 rings (SSSR count). The van der Waals surface area contributed by atoms with Crippen molar-refractivity contribution in [3.8, 4) is 0 Å². The second kappa shape index (κ2) is 6.21. The lowest BCUT2D eigenvalue weighted by atomic mass is 10.1. The maximum absolute atomic E-state index is 11.8. The third-order valence-corrected chi connectivity index (χ3v) is 2.72. The SMILES string of the molecule is Cc1ccc(Cl)cc1NC(=O)CCNC(C)(C)C. The van der Waals surface area contributed by atoms with Gasteiger partial charge in [-0.2, -0.15) is 0 Å². The molecule has 1 aromatic rings. The summed E-state index contributed by atoms with van der Waals surface area (Å²) < 4.78 is 0. The minimum atomic E-state index is -0.00267. The number of hydrogen-bond acceptors (Lipinski definition) is 2. The topological polar surface area (TPSA) is 41.1 Å². The second-order valence-electron chi connectivity index (χ2n) is 5.43. The van der Waals surface area contributed by atoms with Gasteiger partial charge < -0.3 is 10.6 Å². The van der Waals surface area contributed by atoms with Crippen molar-refractivity contribution in [3.63, 3.8) is 0 Å². The molecule has 18 heavy (non-hydrogen) atoms. The smallest absolute Gasteiger partial charge is 0.225 e. The summed E-state index contributed by atoms with van der Waals surface area (Å²) >= 11 is 5.90. The molecule has 0 spiro atoms. The predicted molar refractivity (Wildman–Crippen MR) is 77.2 cm³/mol. The van der Waals surface area contributed by atoms with Gasteiger partial charge in [-0.15, -0.1) is 0 Å². The van der Waals surface area contributed by atoms with Gasteiger partial charge in [-0.1, -0.05) is 17.7 Å². The van der Waals surface area contributed by atoms with Crippen LogP contribution in [0.2, 0.25) is 5.02 Å². The van der Waals surface area contributed by atoms with E-state index in [2.05, 4.69) is 31.4 Å². The summed E-state index contributed by atoms with van der Waals surface area (Å²) in [5.41, 5.74) is 1.83. The van der Waals surface area contributed by atoms with Crippen LogP contribution in [0.25, 0.3) is 0 Å². The first-order chi connectivity index (χ1) is 8.28. The number of anilines is 1. The van der Waals surface area contributed by atoms with Gasteiger partial charge in [0.1, 0.15) is 0 Å². The molecule has 100 valence electrons. The van der Waals surface area contributed by atoms with Crippen LogP contribution in [0, 0.1) is 6.92 Å². The Morgan fingerprint density at radius 3 is 2.61 bits per heavy atom. The van der Waals surface area contributed by atoms with E-state index in [1.165, 1.54) is 0 Å². The molecule has 0 atom stereocenters. The Labute approximate surface area is 114 Å². The Kier molecular flexibility index (Phi) is 5.17. The summed E-state index contributed by atoms with van der Waals surface area (Å²) in [4.78, 5) is 11.8. The van der Waals surface area contributed by atoms with Crippen LogP contribution in [0.5, 0.6) is 0 Å². The predicted octanol–water partition coefficient (Wildman–Crippen LogP) is 3.37. The van der Waals surface area contributed by atoms with Crippen molar-refractivity contribution >= 4 is 23.2 Å². The monoisotopic (exact) mass is 268 g/mol. The van der Waals surface area contributed by atoms with Gasteiger partial charge in [0.15, 0.2) is 0 Å². The molecule has 0 saturated carbocycles. The number of nitrogens with one attached hydrogen (secondary N) is 2. The van der Waals surface area contributed by atoms with Crippen LogP contribution in [-0.4, -0.2) is 18.0 Å². The van der Waals surface area contributed by atoms with Crippen LogP contribution in [-0.2, 0) is 4.79 Å². The third-order valence-electron chi connectivity index (χ3n) is 2.48. The molecule has 0 saturated heterocycles. The fraction of sp³-hybridized carbons (Fsp3) is 0.500. The Morgan fingerprint density at radius 1 is 1.33 bits per heavy atom. The number of aryl methyl sites for hydroxylation is 1. The average molecular weight is 269 g/mol. The molecule has 0 aromatic heterocycles. The Bertz CT molecular complexity index is 424. The first-order valence-corrected chi connectivity index (χ1v) is 6.47. The minimum Gasteiger partial charge on any atom is -0.326 e. The van der Waals surface area contributed by atoms with E-state index in [1.807, 2.05) is 19.1 Å². The fourth-order valence-corrected chi connectivity index (χ4v) is 1.66. The molecule has 2 N–H and O–H groups in total. The van der Waals surface area contributed by atoms with Gasteiger partial charge in [0, 0.05) is 29.2 Å². The van der Waals surface area contributed by atoms with E-state index in [-0.39, 0.29) is 11.4 Å². The molecular formula is C14H21ClN2O. The number of benzene rings is 1. The van der Waals surface area contributed by atoms with Crippen molar-refractivity contribution in [1.29, 1.82) is 0 Å². The fourth-order valence-electron chi connectivity index (χ4n) is 1.49. The van der Waals surface area contributed by atoms with Gasteiger partial charge >= 0.3 is 0 Å². The van der Waals surface area contributed by atoms with E-state index in [9.17, 15) is 4.79 Å². The Balaban J connectivity index is 2.47. The summed E-state index contributed by atoms with van der Waals surface area (Å²) in [5, 5.41) is 6.78. The van der Waals surface area contributed by atoms with Gasteiger partial charge in [-0.25, -0.2) is 0 Å². The van der Waals surface area contributed by atoms with Crippen molar-refractivity contribution in [1.82, 2.24) is 5.32 Å². The van der Waals surface area contributed by atoms with Crippen molar-refractivity contribution in [2.24, 2.45) is 0 Å². The van der Waals surface area contributed by atoms with Crippen LogP contribution >= 0.6 is 11.6 Å². The second-order valence-corrected chi connectivity index (χ2v) is 5.87. The first kappa shape index (κ1) is 15.0. The van der Waals surface area contributed by atoms with Gasteiger partial charge in [0.05, 0.1) is 0 Å². The van der Waals surface area contributed by atoms with E-state index in [0.29, 0.717) is 18.0 Å². The number of hydrogen-bond donors (Lipinski definition) is 2. The molecule has 0 bridgehead atoms. The van der Waals surface area contributed by atoms with Crippen LogP contribution in [0.15, 0.2) is 18.2 Å². The molecule has 4 heteroatoms. The summed E-state index contributed by atoms with van der Waals surface area (Å²) in [6.45, 7) is 8.83. The van der Waals surface area contributed by atoms with Crippen LogP contribution in [0.4, 0.5) is 5.69 Å². The summed E-state index contributed by atoms with van der Waals surface area (Å²) in [5.74, 6) is -0.00267. The molecule has 0 aliphatic heterocycles. The normalized spacial score (nSPS) is 11.4. The maximum atomic E-state index is 11.8. The van der Waals surface area contributed by atoms with Crippen molar-refractivity contribution in [2.75, 3.05) is 11.9 Å². The van der Waals surface area contributed by atoms with E-state index in [4.69, 9.17) is 11.6 Å². The lowest BCUT2D eigenvalue weighted by molar-refractivity contribution is -0.116. The summed E-state index contributed by atoms with van der Waals surface area (Å²) in [7, 11) is 0. The third kappa shape index (κ3) is 5.52. The number of halogens is 1. The van der Waals surface area contributed by atoms with E-state index in [1.54, 1.807) is 6.07 Å². The highest BCUT2D eigenvalue weighted by Gasteiger charge is 2.10. The lowest BCUT2D eigenvalue weighted by Gasteiger charge is -2.20. The largest absolute Gasteiger partial charge is 0.326 e. The number of carbonyl (C=O) groups excluding carboxylic acids is 1. The minimum absolute atomic E-state index is 0.00267. The van der Waals surface area contributed by atoms with Crippen LogP contribution < -0.4 is 10.6 Å². The zero-order chi connectivity index (χ0) is 13.8. The molecule has 1 amide bonds. The highest BCUT2D eigenvalue weighted by Crippen LogP contribution is 2.20. The molecule has 3 nitrogen and oxygen atoms in total. The lowest BCUT2D eigenvalue weighted by Crippen LogP contribution is -2.37. The van der Waals surface area contributed by atoms with E-state index >= 15 is 0 Å². The van der Waals surface area contributed by atoms with E-state index in [0.717, 1.165) is 11.3 Å². The molecule has 0 heterocycles. The zero-order valence-corrected chi connectivity index (χ0v) is 12.2. The van der Waals surface area contributed by atoms with E-state index < -0.39 is 0 Å². The van der Waals surface area contributed by atoms with Crippen LogP contribution in [0.1, 0.15) is 32.8 Å². The quantitative estimate of drug-likeness (QED) is 0.879. The van der Waals surface area contributed by atoms with Crippen LogP contribution in [0.3, 0.4) is 0 Å². The summed E-state index contributed by atoms with van der Waals surface area (Å²) in [6.07, 6.45) is 0.448. The molecule has 0 radical (unpaired) electrons. The number of rotatable bonds is 4. The highest BCUT2D eigenvalue weighted by molar-refractivity contribution is 6.31. The van der Waals surface area contributed by atoms with Crippen molar-refractivity contribution in [3.05, 3.63) is 28.8 Å². The van der Waals surface area contributed by atoms with Gasteiger partial charge in [0.2, 0.25) is 5.91 Å². The average Bonchev–Trinajstić information content (AvgIpc) is 2.21. The molecular weight excluding hydrogens is 248 g/mol. The molecule has 0 fully saturated rings. The van der Waals surface area contributed by atoms with Gasteiger partial charge in [-0.3, -0.25) is 4.79 Å². The first-order valence-electron chi connectivity index (χ1n) is 6.09. The Hall–Kier alpha value is -1.06. The number of amides is 1. The molecule has 0 unspecified atom stereocenters. The summed E-state index contributed by atoms with van der Waals surface area (Å²) in [6, 6.07) is 5.48. The maximum Gasteiger partial charge on any atom is 0.225 e. The van der Waals surface area contributed by atoms with Crippen molar-refractivity contribution < 1.29 is 4.79 Å². The van der Waals surface area contributed by atoms with Gasteiger partial charge in [0.25, 0.3) is 0 Å².